The minimum absolute atomic E-state index is 0.191. The number of carboxylic acid groups (broad SMARTS) is 1. The van der Waals surface area contributed by atoms with Crippen molar-refractivity contribution in [3.05, 3.63) is 12.7 Å². The van der Waals surface area contributed by atoms with Crippen molar-refractivity contribution >= 4 is 23.6 Å². The number of ether oxygens (including phenoxy) is 1. The van der Waals surface area contributed by atoms with Gasteiger partial charge in [0, 0.05) is 19.4 Å². The number of rotatable bonds is 9. The van der Waals surface area contributed by atoms with Crippen LogP contribution in [-0.4, -0.2) is 60.2 Å². The largest absolute Gasteiger partial charge is 0.480 e. The van der Waals surface area contributed by atoms with Gasteiger partial charge in [0.1, 0.15) is 6.54 Å². The lowest BCUT2D eigenvalue weighted by atomic mass is 10.4. The summed E-state index contributed by atoms with van der Waals surface area (Å²) in [6.45, 7) is 4.05. The fourth-order valence-electron chi connectivity index (χ4n) is 0.967. The molecule has 92 valence electrons. The number of amides is 1. The highest BCUT2D eigenvalue weighted by atomic mass is 32.2. The number of aliphatic carboxylic acids is 1. The van der Waals surface area contributed by atoms with Crippen molar-refractivity contribution in [3.63, 3.8) is 0 Å². The van der Waals surface area contributed by atoms with E-state index in [0.717, 1.165) is 5.75 Å². The van der Waals surface area contributed by atoms with Crippen LogP contribution in [0.2, 0.25) is 0 Å². The highest BCUT2D eigenvalue weighted by Gasteiger charge is 2.14. The Labute approximate surface area is 99.4 Å². The van der Waals surface area contributed by atoms with Gasteiger partial charge in [-0.1, -0.05) is 6.08 Å². The number of carbonyl (C=O) groups is 2. The third-order valence-corrected chi connectivity index (χ3v) is 2.59. The van der Waals surface area contributed by atoms with Crippen LogP contribution in [0.3, 0.4) is 0 Å². The van der Waals surface area contributed by atoms with Crippen molar-refractivity contribution in [2.45, 2.75) is 0 Å². The van der Waals surface area contributed by atoms with Crippen LogP contribution in [-0.2, 0) is 14.3 Å². The van der Waals surface area contributed by atoms with Gasteiger partial charge in [0.25, 0.3) is 0 Å². The van der Waals surface area contributed by atoms with Crippen molar-refractivity contribution in [1.29, 1.82) is 0 Å². The molecule has 0 bridgehead atoms. The van der Waals surface area contributed by atoms with E-state index in [1.54, 1.807) is 7.11 Å². The van der Waals surface area contributed by atoms with Crippen molar-refractivity contribution in [3.8, 4) is 0 Å². The number of carbonyl (C=O) groups excluding carboxylic acids is 1. The Morgan fingerprint density at radius 3 is 2.75 bits per heavy atom. The molecule has 0 aromatic rings. The van der Waals surface area contributed by atoms with Crippen molar-refractivity contribution in [1.82, 2.24) is 4.90 Å². The zero-order valence-electron chi connectivity index (χ0n) is 9.35. The average molecular weight is 247 g/mol. The molecule has 0 aromatic heterocycles. The second-order valence-electron chi connectivity index (χ2n) is 3.00. The summed E-state index contributed by atoms with van der Waals surface area (Å²) in [7, 11) is 1.59. The first-order valence-corrected chi connectivity index (χ1v) is 5.94. The minimum Gasteiger partial charge on any atom is -0.480 e. The lowest BCUT2D eigenvalue weighted by Gasteiger charge is -2.18. The van der Waals surface area contributed by atoms with Crippen LogP contribution in [0, 0.1) is 0 Å². The standard InChI is InChI=1S/C10H17NO4S/c1-3-4-11(7-10(13)14)9(12)8-16-6-5-15-2/h3H,1,4-8H2,2H3,(H,13,14). The normalized spacial score (nSPS) is 9.81. The van der Waals surface area contributed by atoms with Crippen LogP contribution in [0.1, 0.15) is 0 Å². The van der Waals surface area contributed by atoms with Gasteiger partial charge >= 0.3 is 5.97 Å². The number of carboxylic acids is 1. The highest BCUT2D eigenvalue weighted by Crippen LogP contribution is 2.02. The molecular weight excluding hydrogens is 230 g/mol. The van der Waals surface area contributed by atoms with Gasteiger partial charge in [-0.15, -0.1) is 18.3 Å². The minimum atomic E-state index is -1.02. The van der Waals surface area contributed by atoms with Gasteiger partial charge < -0.3 is 14.7 Å². The van der Waals surface area contributed by atoms with Crippen LogP contribution in [0.4, 0.5) is 0 Å². The molecule has 0 heterocycles. The van der Waals surface area contributed by atoms with Gasteiger partial charge in [-0.05, 0) is 0 Å². The molecule has 6 heteroatoms. The number of thioether (sulfide) groups is 1. The Balaban J connectivity index is 3.96. The Morgan fingerprint density at radius 2 is 2.25 bits per heavy atom. The molecule has 0 aromatic carbocycles. The highest BCUT2D eigenvalue weighted by molar-refractivity contribution is 7.99. The molecule has 0 spiro atoms. The third kappa shape index (κ3) is 7.30. The Morgan fingerprint density at radius 1 is 1.56 bits per heavy atom. The molecule has 0 unspecified atom stereocenters. The van der Waals surface area contributed by atoms with Gasteiger partial charge in [-0.3, -0.25) is 9.59 Å². The van der Waals surface area contributed by atoms with E-state index in [1.165, 1.54) is 22.7 Å². The number of hydrogen-bond donors (Lipinski definition) is 1. The molecule has 0 saturated heterocycles. The number of nitrogens with zero attached hydrogens (tertiary/aromatic N) is 1. The van der Waals surface area contributed by atoms with E-state index in [0.29, 0.717) is 6.61 Å². The van der Waals surface area contributed by atoms with E-state index in [9.17, 15) is 9.59 Å². The van der Waals surface area contributed by atoms with Crippen LogP contribution < -0.4 is 0 Å². The quantitative estimate of drug-likeness (QED) is 0.474. The third-order valence-electron chi connectivity index (χ3n) is 1.69. The van der Waals surface area contributed by atoms with E-state index < -0.39 is 5.97 Å². The summed E-state index contributed by atoms with van der Waals surface area (Å²) in [5, 5.41) is 8.61. The molecule has 0 saturated carbocycles. The summed E-state index contributed by atoms with van der Waals surface area (Å²) in [5.74, 6) is -0.220. The summed E-state index contributed by atoms with van der Waals surface area (Å²) >= 11 is 1.42. The number of hydrogen-bond acceptors (Lipinski definition) is 4. The zero-order chi connectivity index (χ0) is 12.4. The summed E-state index contributed by atoms with van der Waals surface area (Å²) in [4.78, 5) is 23.4. The molecule has 0 atom stereocenters. The predicted octanol–water partition coefficient (Wildman–Crippen LogP) is 0.465. The molecular formula is C10H17NO4S. The smallest absolute Gasteiger partial charge is 0.323 e. The monoisotopic (exact) mass is 247 g/mol. The second-order valence-corrected chi connectivity index (χ2v) is 4.11. The van der Waals surface area contributed by atoms with Gasteiger partial charge in [-0.2, -0.15) is 0 Å². The second kappa shape index (κ2) is 9.23. The van der Waals surface area contributed by atoms with Gasteiger partial charge in [0.2, 0.25) is 5.91 Å². The van der Waals surface area contributed by atoms with Gasteiger partial charge in [-0.25, -0.2) is 0 Å². The lowest BCUT2D eigenvalue weighted by Crippen LogP contribution is -2.37. The first-order chi connectivity index (χ1) is 7.61. The Bertz CT molecular complexity index is 245. The van der Waals surface area contributed by atoms with Crippen LogP contribution in [0.15, 0.2) is 12.7 Å². The number of methoxy groups -OCH3 is 1. The summed E-state index contributed by atoms with van der Waals surface area (Å²) in [6, 6.07) is 0. The van der Waals surface area contributed by atoms with Crippen LogP contribution >= 0.6 is 11.8 Å². The van der Waals surface area contributed by atoms with E-state index in [2.05, 4.69) is 6.58 Å². The molecule has 0 aliphatic carbocycles. The molecule has 5 nitrogen and oxygen atoms in total. The molecule has 1 amide bonds. The Hall–Kier alpha value is -1.01. The Kier molecular flexibility index (Phi) is 8.65. The zero-order valence-corrected chi connectivity index (χ0v) is 10.2. The molecule has 0 radical (unpaired) electrons. The SMILES string of the molecule is C=CCN(CC(=O)O)C(=O)CSCCOC. The summed E-state index contributed by atoms with van der Waals surface area (Å²) in [5.41, 5.74) is 0. The summed E-state index contributed by atoms with van der Waals surface area (Å²) in [6.07, 6.45) is 1.51. The van der Waals surface area contributed by atoms with Crippen molar-refractivity contribution < 1.29 is 19.4 Å². The first-order valence-electron chi connectivity index (χ1n) is 4.79. The van der Waals surface area contributed by atoms with E-state index in [4.69, 9.17) is 9.84 Å². The molecule has 0 aliphatic heterocycles. The van der Waals surface area contributed by atoms with E-state index >= 15 is 0 Å². The lowest BCUT2D eigenvalue weighted by molar-refractivity contribution is -0.143. The maximum Gasteiger partial charge on any atom is 0.323 e. The molecule has 1 N–H and O–H groups in total. The maximum atomic E-state index is 11.6. The van der Waals surface area contributed by atoms with Gasteiger partial charge in [0.15, 0.2) is 0 Å². The molecule has 0 rings (SSSR count). The average Bonchev–Trinajstić information content (AvgIpc) is 2.23. The van der Waals surface area contributed by atoms with Crippen molar-refractivity contribution in [2.75, 3.05) is 38.3 Å². The van der Waals surface area contributed by atoms with Gasteiger partial charge in [0.05, 0.1) is 12.4 Å². The molecule has 16 heavy (non-hydrogen) atoms. The van der Waals surface area contributed by atoms with E-state index in [1.807, 2.05) is 0 Å². The predicted molar refractivity (Wildman–Crippen MR) is 63.6 cm³/mol. The molecule has 0 fully saturated rings. The maximum absolute atomic E-state index is 11.6. The van der Waals surface area contributed by atoms with Crippen LogP contribution in [0.25, 0.3) is 0 Å². The van der Waals surface area contributed by atoms with Crippen LogP contribution in [0.5, 0.6) is 0 Å². The molecule has 0 aliphatic rings. The first kappa shape index (κ1) is 15.0. The fourth-order valence-corrected chi connectivity index (χ4v) is 1.75. The summed E-state index contributed by atoms with van der Waals surface area (Å²) < 4.78 is 4.84. The van der Waals surface area contributed by atoms with Crippen molar-refractivity contribution in [2.24, 2.45) is 0 Å². The fraction of sp³-hybridized carbons (Fsp3) is 0.600. The topological polar surface area (TPSA) is 66.8 Å². The van der Waals surface area contributed by atoms with E-state index in [-0.39, 0.29) is 24.7 Å².